The Morgan fingerprint density at radius 3 is 2.59 bits per heavy atom. The Bertz CT molecular complexity index is 847. The molecule has 4 rings (SSSR count). The maximum Gasteiger partial charge on any atom is 0.231 e. The number of fused-ring (bicyclic) bond motifs is 1. The molecule has 2 aliphatic heterocycles. The summed E-state index contributed by atoms with van der Waals surface area (Å²) in [7, 11) is 0. The van der Waals surface area contributed by atoms with Gasteiger partial charge in [-0.2, -0.15) is 0 Å². The van der Waals surface area contributed by atoms with Crippen LogP contribution in [0, 0.1) is 6.92 Å². The first-order valence-corrected chi connectivity index (χ1v) is 10.3. The number of rotatable bonds is 7. The second kappa shape index (κ2) is 9.29. The van der Waals surface area contributed by atoms with Crippen molar-refractivity contribution in [2.45, 2.75) is 26.4 Å². The molecule has 1 fully saturated rings. The van der Waals surface area contributed by atoms with Crippen LogP contribution in [0.4, 0.5) is 0 Å². The summed E-state index contributed by atoms with van der Waals surface area (Å²) in [6.45, 7) is 8.74. The SMILES string of the molecule is Cc1cccc(CNC(=O)CCN2CCN(Cc3ccc4c(c3)OCO4)CC2)c1. The first kappa shape index (κ1) is 19.7. The topological polar surface area (TPSA) is 54.0 Å². The van der Waals surface area contributed by atoms with E-state index in [1.165, 1.54) is 11.1 Å². The lowest BCUT2D eigenvalue weighted by Gasteiger charge is -2.34. The zero-order valence-electron chi connectivity index (χ0n) is 17.0. The van der Waals surface area contributed by atoms with Gasteiger partial charge in [0.05, 0.1) is 0 Å². The third kappa shape index (κ3) is 5.49. The summed E-state index contributed by atoms with van der Waals surface area (Å²) in [5, 5.41) is 3.03. The van der Waals surface area contributed by atoms with Gasteiger partial charge in [-0.15, -0.1) is 0 Å². The van der Waals surface area contributed by atoms with Crippen molar-refractivity contribution in [2.24, 2.45) is 0 Å². The van der Waals surface area contributed by atoms with Crippen molar-refractivity contribution in [2.75, 3.05) is 39.5 Å². The summed E-state index contributed by atoms with van der Waals surface area (Å²) < 4.78 is 10.8. The third-order valence-corrected chi connectivity index (χ3v) is 5.54. The number of nitrogens with one attached hydrogen (secondary N) is 1. The number of hydrogen-bond acceptors (Lipinski definition) is 5. The molecule has 6 nitrogen and oxygen atoms in total. The van der Waals surface area contributed by atoms with Gasteiger partial charge in [-0.1, -0.05) is 35.9 Å². The summed E-state index contributed by atoms with van der Waals surface area (Å²) in [5.41, 5.74) is 3.61. The number of amides is 1. The summed E-state index contributed by atoms with van der Waals surface area (Å²) in [6.07, 6.45) is 0.550. The number of ether oxygens (including phenoxy) is 2. The lowest BCUT2D eigenvalue weighted by atomic mass is 10.1. The molecule has 6 heteroatoms. The Morgan fingerprint density at radius 2 is 1.76 bits per heavy atom. The predicted molar refractivity (Wildman–Crippen MR) is 112 cm³/mol. The molecule has 29 heavy (non-hydrogen) atoms. The number of carbonyl (C=O) groups is 1. The minimum atomic E-state index is 0.120. The maximum atomic E-state index is 12.2. The molecular weight excluding hydrogens is 366 g/mol. The van der Waals surface area contributed by atoms with E-state index in [0.717, 1.165) is 56.3 Å². The highest BCUT2D eigenvalue weighted by atomic mass is 16.7. The molecule has 0 unspecified atom stereocenters. The van der Waals surface area contributed by atoms with Gasteiger partial charge in [0, 0.05) is 52.2 Å². The van der Waals surface area contributed by atoms with Crippen molar-refractivity contribution in [3.8, 4) is 11.5 Å². The van der Waals surface area contributed by atoms with Gasteiger partial charge in [-0.3, -0.25) is 9.69 Å². The van der Waals surface area contributed by atoms with Crippen LogP contribution in [-0.4, -0.2) is 55.2 Å². The Hall–Kier alpha value is -2.57. The van der Waals surface area contributed by atoms with Crippen LogP contribution in [0.1, 0.15) is 23.1 Å². The molecule has 154 valence electrons. The molecule has 0 bridgehead atoms. The van der Waals surface area contributed by atoms with E-state index < -0.39 is 0 Å². The molecule has 0 aliphatic carbocycles. The van der Waals surface area contributed by atoms with Crippen LogP contribution in [-0.2, 0) is 17.9 Å². The third-order valence-electron chi connectivity index (χ3n) is 5.54. The molecule has 1 saturated heterocycles. The van der Waals surface area contributed by atoms with Crippen molar-refractivity contribution in [1.82, 2.24) is 15.1 Å². The highest BCUT2D eigenvalue weighted by Crippen LogP contribution is 2.32. The minimum Gasteiger partial charge on any atom is -0.454 e. The van der Waals surface area contributed by atoms with Crippen LogP contribution in [0.15, 0.2) is 42.5 Å². The molecule has 2 aromatic carbocycles. The van der Waals surface area contributed by atoms with E-state index in [1.54, 1.807) is 0 Å². The van der Waals surface area contributed by atoms with Crippen molar-refractivity contribution >= 4 is 5.91 Å². The monoisotopic (exact) mass is 395 g/mol. The highest BCUT2D eigenvalue weighted by molar-refractivity contribution is 5.76. The van der Waals surface area contributed by atoms with Gasteiger partial charge >= 0.3 is 0 Å². The van der Waals surface area contributed by atoms with E-state index in [9.17, 15) is 4.79 Å². The van der Waals surface area contributed by atoms with Crippen molar-refractivity contribution in [3.05, 3.63) is 59.2 Å². The molecule has 0 saturated carbocycles. The minimum absolute atomic E-state index is 0.120. The number of aryl methyl sites for hydroxylation is 1. The van der Waals surface area contributed by atoms with Gasteiger partial charge in [0.2, 0.25) is 12.7 Å². The lowest BCUT2D eigenvalue weighted by molar-refractivity contribution is -0.121. The summed E-state index contributed by atoms with van der Waals surface area (Å²) in [4.78, 5) is 17.0. The fourth-order valence-corrected chi connectivity index (χ4v) is 3.84. The van der Waals surface area contributed by atoms with Crippen LogP contribution in [0.2, 0.25) is 0 Å². The van der Waals surface area contributed by atoms with E-state index >= 15 is 0 Å². The highest BCUT2D eigenvalue weighted by Gasteiger charge is 2.19. The molecule has 1 amide bonds. The van der Waals surface area contributed by atoms with Crippen molar-refractivity contribution in [3.63, 3.8) is 0 Å². The Labute approximate surface area is 172 Å². The maximum absolute atomic E-state index is 12.2. The van der Waals surface area contributed by atoms with Crippen LogP contribution >= 0.6 is 0 Å². The average Bonchev–Trinajstić information content (AvgIpc) is 3.20. The Morgan fingerprint density at radius 1 is 0.966 bits per heavy atom. The fraction of sp³-hybridized carbons (Fsp3) is 0.435. The standard InChI is InChI=1S/C23H29N3O3/c1-18-3-2-4-19(13-18)15-24-23(27)7-8-25-9-11-26(12-10-25)16-20-5-6-21-22(14-20)29-17-28-21/h2-6,13-14H,7-12,15-17H2,1H3,(H,24,27). The summed E-state index contributed by atoms with van der Waals surface area (Å²) in [6, 6.07) is 14.4. The van der Waals surface area contributed by atoms with Crippen LogP contribution in [0.5, 0.6) is 11.5 Å². The second-order valence-electron chi connectivity index (χ2n) is 7.82. The van der Waals surface area contributed by atoms with Gasteiger partial charge < -0.3 is 19.7 Å². The zero-order valence-corrected chi connectivity index (χ0v) is 17.0. The van der Waals surface area contributed by atoms with Gasteiger partial charge in [0.1, 0.15) is 0 Å². The smallest absolute Gasteiger partial charge is 0.231 e. The molecule has 0 radical (unpaired) electrons. The normalized spacial score (nSPS) is 16.7. The number of benzene rings is 2. The summed E-state index contributed by atoms with van der Waals surface area (Å²) in [5.74, 6) is 1.80. The van der Waals surface area contributed by atoms with E-state index in [1.807, 2.05) is 18.2 Å². The number of piperazine rings is 1. The number of carbonyl (C=O) groups excluding carboxylic acids is 1. The summed E-state index contributed by atoms with van der Waals surface area (Å²) >= 11 is 0. The van der Waals surface area contributed by atoms with Crippen LogP contribution in [0.25, 0.3) is 0 Å². The van der Waals surface area contributed by atoms with Crippen LogP contribution < -0.4 is 14.8 Å². The van der Waals surface area contributed by atoms with E-state index in [2.05, 4.69) is 46.3 Å². The molecule has 1 N–H and O–H groups in total. The lowest BCUT2D eigenvalue weighted by Crippen LogP contribution is -2.46. The van der Waals surface area contributed by atoms with E-state index in [0.29, 0.717) is 19.8 Å². The second-order valence-corrected chi connectivity index (χ2v) is 7.82. The Kier molecular flexibility index (Phi) is 6.32. The average molecular weight is 396 g/mol. The largest absolute Gasteiger partial charge is 0.454 e. The fourth-order valence-electron chi connectivity index (χ4n) is 3.84. The molecule has 2 heterocycles. The van der Waals surface area contributed by atoms with Crippen molar-refractivity contribution < 1.29 is 14.3 Å². The van der Waals surface area contributed by atoms with Gasteiger partial charge in [-0.25, -0.2) is 0 Å². The Balaban J connectivity index is 1.15. The van der Waals surface area contributed by atoms with Gasteiger partial charge in [-0.05, 0) is 30.2 Å². The first-order valence-electron chi connectivity index (χ1n) is 10.3. The zero-order chi connectivity index (χ0) is 20.1. The van der Waals surface area contributed by atoms with Crippen LogP contribution in [0.3, 0.4) is 0 Å². The van der Waals surface area contributed by atoms with E-state index in [-0.39, 0.29) is 5.91 Å². The molecular formula is C23H29N3O3. The van der Waals surface area contributed by atoms with E-state index in [4.69, 9.17) is 9.47 Å². The molecule has 2 aliphatic rings. The van der Waals surface area contributed by atoms with Gasteiger partial charge in [0.25, 0.3) is 0 Å². The number of nitrogens with zero attached hydrogens (tertiary/aromatic N) is 2. The molecule has 0 spiro atoms. The van der Waals surface area contributed by atoms with Gasteiger partial charge in [0.15, 0.2) is 11.5 Å². The predicted octanol–water partition coefficient (Wildman–Crippen LogP) is 2.55. The molecule has 0 atom stereocenters. The molecule has 0 aromatic heterocycles. The molecule has 2 aromatic rings. The quantitative estimate of drug-likeness (QED) is 0.781. The first-order chi connectivity index (χ1) is 14.2. The number of hydrogen-bond donors (Lipinski definition) is 1. The van der Waals surface area contributed by atoms with Crippen molar-refractivity contribution in [1.29, 1.82) is 0 Å².